The lowest BCUT2D eigenvalue weighted by Crippen LogP contribution is -2.20. The molecular weight excluding hydrogens is 396 g/mol. The van der Waals surface area contributed by atoms with Crippen molar-refractivity contribution >= 4 is 33.4 Å². The normalized spacial score (nSPS) is 10.1. The average Bonchev–Trinajstić information content (AvgIpc) is 2.67. The van der Waals surface area contributed by atoms with E-state index in [1.807, 2.05) is 54.6 Å². The summed E-state index contributed by atoms with van der Waals surface area (Å²) in [6.07, 6.45) is 0. The van der Waals surface area contributed by atoms with Gasteiger partial charge in [-0.15, -0.1) is 0 Å². The van der Waals surface area contributed by atoms with Crippen molar-refractivity contribution in [3.63, 3.8) is 0 Å². The summed E-state index contributed by atoms with van der Waals surface area (Å²) in [5, 5.41) is 0.722. The van der Waals surface area contributed by atoms with Crippen LogP contribution in [0, 0.1) is 0 Å². The van der Waals surface area contributed by atoms with Gasteiger partial charge in [-0.05, 0) is 30.5 Å². The molecule has 0 atom stereocenters. The molecule has 2 aromatic carbocycles. The Morgan fingerprint density at radius 2 is 1.31 bits per heavy atom. The zero-order valence-electron chi connectivity index (χ0n) is 14.8. The summed E-state index contributed by atoms with van der Waals surface area (Å²) < 4.78 is 10.3. The van der Waals surface area contributed by atoms with Crippen LogP contribution in [0.3, 0.4) is 0 Å². The Kier molecular flexibility index (Phi) is 7.60. The largest absolute Gasteiger partial charge is 0.462 e. The molecule has 0 heterocycles. The van der Waals surface area contributed by atoms with Crippen molar-refractivity contribution in [3.05, 3.63) is 76.9 Å². The molecule has 5 heteroatoms. The van der Waals surface area contributed by atoms with E-state index in [1.165, 1.54) is 0 Å². The molecule has 0 amide bonds. The third-order valence-electron chi connectivity index (χ3n) is 3.67. The van der Waals surface area contributed by atoms with Crippen LogP contribution < -0.4 is 0 Å². The second-order valence-corrected chi connectivity index (χ2v) is 5.95. The van der Waals surface area contributed by atoms with E-state index < -0.39 is 11.9 Å². The fourth-order valence-corrected chi connectivity index (χ4v) is 2.89. The molecule has 4 nitrogen and oxygen atoms in total. The number of halogens is 1. The number of hydrogen-bond donors (Lipinski definition) is 0. The van der Waals surface area contributed by atoms with Gasteiger partial charge in [-0.2, -0.15) is 0 Å². The SMILES string of the molecule is CCOC(=O)C(C(=O)OCC)=C(c1ccccc1)c1ccc(CBr)cc1. The molecule has 26 heavy (non-hydrogen) atoms. The maximum absolute atomic E-state index is 12.6. The van der Waals surface area contributed by atoms with Crippen molar-refractivity contribution in [3.8, 4) is 0 Å². The van der Waals surface area contributed by atoms with E-state index in [-0.39, 0.29) is 18.8 Å². The minimum Gasteiger partial charge on any atom is -0.462 e. The molecule has 0 bridgehead atoms. The second kappa shape index (κ2) is 9.92. The second-order valence-electron chi connectivity index (χ2n) is 5.39. The van der Waals surface area contributed by atoms with Crippen LogP contribution in [0.2, 0.25) is 0 Å². The molecule has 0 unspecified atom stereocenters. The minimum atomic E-state index is -0.686. The summed E-state index contributed by atoms with van der Waals surface area (Å²) in [7, 11) is 0. The maximum Gasteiger partial charge on any atom is 0.346 e. The molecule has 136 valence electrons. The van der Waals surface area contributed by atoms with Crippen LogP contribution in [-0.2, 0) is 24.4 Å². The molecule has 0 spiro atoms. The lowest BCUT2D eigenvalue weighted by Gasteiger charge is -2.15. The Hall–Kier alpha value is -2.40. The first-order chi connectivity index (χ1) is 12.6. The molecule has 0 saturated heterocycles. The number of alkyl halides is 1. The van der Waals surface area contributed by atoms with Gasteiger partial charge in [-0.25, -0.2) is 9.59 Å². The van der Waals surface area contributed by atoms with Gasteiger partial charge < -0.3 is 9.47 Å². The van der Waals surface area contributed by atoms with Crippen LogP contribution in [0.25, 0.3) is 5.57 Å². The highest BCUT2D eigenvalue weighted by atomic mass is 79.9. The number of rotatable bonds is 7. The quantitative estimate of drug-likeness (QED) is 0.219. The van der Waals surface area contributed by atoms with Crippen LogP contribution in [0.4, 0.5) is 0 Å². The van der Waals surface area contributed by atoms with E-state index >= 15 is 0 Å². The first kappa shape index (κ1) is 19.9. The Bertz CT molecular complexity index is 759. The Morgan fingerprint density at radius 1 is 0.808 bits per heavy atom. The van der Waals surface area contributed by atoms with Gasteiger partial charge in [-0.1, -0.05) is 70.5 Å². The average molecular weight is 417 g/mol. The van der Waals surface area contributed by atoms with Crippen LogP contribution in [0.15, 0.2) is 60.2 Å². The highest BCUT2D eigenvalue weighted by Crippen LogP contribution is 2.29. The summed E-state index contributed by atoms with van der Waals surface area (Å²) in [6, 6.07) is 17.0. The van der Waals surface area contributed by atoms with Crippen molar-refractivity contribution < 1.29 is 19.1 Å². The van der Waals surface area contributed by atoms with E-state index in [4.69, 9.17) is 9.47 Å². The van der Waals surface area contributed by atoms with Gasteiger partial charge in [0.05, 0.1) is 13.2 Å². The number of benzene rings is 2. The van der Waals surface area contributed by atoms with Crippen molar-refractivity contribution in [1.29, 1.82) is 0 Å². The van der Waals surface area contributed by atoms with Gasteiger partial charge in [0, 0.05) is 10.9 Å². The predicted molar refractivity (Wildman–Crippen MR) is 105 cm³/mol. The van der Waals surface area contributed by atoms with Crippen molar-refractivity contribution in [2.45, 2.75) is 19.2 Å². The third-order valence-corrected chi connectivity index (χ3v) is 4.32. The minimum absolute atomic E-state index is 0.0912. The fourth-order valence-electron chi connectivity index (χ4n) is 2.51. The van der Waals surface area contributed by atoms with E-state index in [9.17, 15) is 9.59 Å². The molecule has 0 aliphatic carbocycles. The van der Waals surface area contributed by atoms with Gasteiger partial charge in [0.25, 0.3) is 0 Å². The van der Waals surface area contributed by atoms with Gasteiger partial charge in [0.1, 0.15) is 0 Å². The Morgan fingerprint density at radius 3 is 1.77 bits per heavy atom. The van der Waals surface area contributed by atoms with Crippen LogP contribution in [-0.4, -0.2) is 25.2 Å². The molecular formula is C21H21BrO4. The molecule has 0 radical (unpaired) electrons. The number of esters is 2. The maximum atomic E-state index is 12.6. The molecule has 2 rings (SSSR count). The number of carbonyl (C=O) groups excluding carboxylic acids is 2. The van der Waals surface area contributed by atoms with Gasteiger partial charge >= 0.3 is 11.9 Å². The van der Waals surface area contributed by atoms with Gasteiger partial charge in [0.15, 0.2) is 5.57 Å². The molecule has 2 aromatic rings. The van der Waals surface area contributed by atoms with Gasteiger partial charge in [0.2, 0.25) is 0 Å². The topological polar surface area (TPSA) is 52.6 Å². The number of ether oxygens (including phenoxy) is 2. The lowest BCUT2D eigenvalue weighted by molar-refractivity contribution is -0.146. The van der Waals surface area contributed by atoms with E-state index in [0.717, 1.165) is 22.0 Å². The summed E-state index contributed by atoms with van der Waals surface area (Å²) >= 11 is 3.42. The third kappa shape index (κ3) is 4.82. The smallest absolute Gasteiger partial charge is 0.346 e. The van der Waals surface area contributed by atoms with Crippen LogP contribution in [0.1, 0.15) is 30.5 Å². The summed E-state index contributed by atoms with van der Waals surface area (Å²) in [5.41, 5.74) is 3.00. The van der Waals surface area contributed by atoms with Crippen molar-refractivity contribution in [1.82, 2.24) is 0 Å². The Balaban J connectivity index is 2.72. The van der Waals surface area contributed by atoms with Crippen LogP contribution >= 0.6 is 15.9 Å². The number of hydrogen-bond acceptors (Lipinski definition) is 4. The van der Waals surface area contributed by atoms with E-state index in [2.05, 4.69) is 15.9 Å². The van der Waals surface area contributed by atoms with Crippen LogP contribution in [0.5, 0.6) is 0 Å². The standard InChI is InChI=1S/C21H21BrO4/c1-3-25-20(23)19(21(24)26-4-2)18(16-8-6-5-7-9-16)17-12-10-15(14-22)11-13-17/h5-13H,3-4,14H2,1-2H3. The van der Waals surface area contributed by atoms with Gasteiger partial charge in [-0.3, -0.25) is 0 Å². The lowest BCUT2D eigenvalue weighted by atomic mass is 9.92. The summed E-state index contributed by atoms with van der Waals surface area (Å²) in [4.78, 5) is 25.2. The molecule has 0 aromatic heterocycles. The highest BCUT2D eigenvalue weighted by molar-refractivity contribution is 9.08. The zero-order valence-corrected chi connectivity index (χ0v) is 16.4. The first-order valence-electron chi connectivity index (χ1n) is 8.41. The van der Waals surface area contributed by atoms with E-state index in [1.54, 1.807) is 13.8 Å². The molecule has 0 aliphatic rings. The molecule has 0 N–H and O–H groups in total. The number of carbonyl (C=O) groups is 2. The molecule has 0 fully saturated rings. The Labute approximate surface area is 162 Å². The first-order valence-corrected chi connectivity index (χ1v) is 9.53. The van der Waals surface area contributed by atoms with Crippen molar-refractivity contribution in [2.24, 2.45) is 0 Å². The zero-order chi connectivity index (χ0) is 18.9. The summed E-state index contributed by atoms with van der Waals surface area (Å²) in [5.74, 6) is -1.37. The van der Waals surface area contributed by atoms with E-state index in [0.29, 0.717) is 5.57 Å². The summed E-state index contributed by atoms with van der Waals surface area (Å²) in [6.45, 7) is 3.75. The van der Waals surface area contributed by atoms with Crippen molar-refractivity contribution in [2.75, 3.05) is 13.2 Å². The monoisotopic (exact) mass is 416 g/mol. The highest BCUT2D eigenvalue weighted by Gasteiger charge is 2.27. The predicted octanol–water partition coefficient (Wildman–Crippen LogP) is 4.51. The fraction of sp³-hybridized carbons (Fsp3) is 0.238. The molecule has 0 saturated carbocycles. The molecule has 0 aliphatic heterocycles.